The number of thioether (sulfide) groups is 1. The van der Waals surface area contributed by atoms with Gasteiger partial charge in [-0.25, -0.2) is 9.97 Å². The normalized spacial score (nSPS) is 11.2. The van der Waals surface area contributed by atoms with Crippen molar-refractivity contribution in [2.75, 3.05) is 11.1 Å². The van der Waals surface area contributed by atoms with Gasteiger partial charge in [0.05, 0.1) is 11.1 Å². The minimum absolute atomic E-state index is 0.109. The third-order valence-corrected chi connectivity index (χ3v) is 5.81. The Kier molecular flexibility index (Phi) is 7.26. The first-order chi connectivity index (χ1) is 14.4. The number of anilines is 1. The average Bonchev–Trinajstić information content (AvgIpc) is 2.74. The van der Waals surface area contributed by atoms with Crippen molar-refractivity contribution in [1.82, 2.24) is 14.5 Å². The van der Waals surface area contributed by atoms with Gasteiger partial charge >= 0.3 is 0 Å². The molecule has 2 heterocycles. The Balaban J connectivity index is 1.85. The van der Waals surface area contributed by atoms with Crippen LogP contribution in [0.15, 0.2) is 46.5 Å². The summed E-state index contributed by atoms with van der Waals surface area (Å²) >= 11 is 1.27. The van der Waals surface area contributed by atoms with E-state index in [0.29, 0.717) is 22.7 Å². The Bertz CT molecular complexity index is 1090. The minimum Gasteiger partial charge on any atom is -0.325 e. The minimum atomic E-state index is -0.116. The van der Waals surface area contributed by atoms with Crippen molar-refractivity contribution in [3.05, 3.63) is 58.0 Å². The zero-order chi connectivity index (χ0) is 21.7. The molecule has 1 N–H and O–H groups in total. The molecule has 0 atom stereocenters. The van der Waals surface area contributed by atoms with Gasteiger partial charge < -0.3 is 5.32 Å². The van der Waals surface area contributed by atoms with E-state index in [-0.39, 0.29) is 23.1 Å². The molecule has 1 amide bonds. The third-order valence-electron chi connectivity index (χ3n) is 4.84. The molecule has 0 radical (unpaired) electrons. The van der Waals surface area contributed by atoms with E-state index in [4.69, 9.17) is 0 Å². The molecule has 7 heteroatoms. The molecule has 0 fully saturated rings. The summed E-state index contributed by atoms with van der Waals surface area (Å²) in [4.78, 5) is 34.5. The van der Waals surface area contributed by atoms with Crippen LogP contribution in [0.3, 0.4) is 0 Å². The summed E-state index contributed by atoms with van der Waals surface area (Å²) in [5.74, 6) is 0.335. The van der Waals surface area contributed by atoms with Crippen molar-refractivity contribution in [1.29, 1.82) is 0 Å². The lowest BCUT2D eigenvalue weighted by molar-refractivity contribution is -0.113. The first-order valence-electron chi connectivity index (χ1n) is 10.3. The number of rotatable bonds is 8. The molecule has 3 aromatic rings. The number of carbonyl (C=O) groups is 1. The van der Waals surface area contributed by atoms with Gasteiger partial charge in [-0.1, -0.05) is 57.7 Å². The number of hydrogen-bond acceptors (Lipinski definition) is 5. The number of carbonyl (C=O) groups excluding carboxylic acids is 1. The second-order valence-corrected chi connectivity index (χ2v) is 8.52. The number of nitrogens with one attached hydrogen (secondary N) is 1. The highest BCUT2D eigenvalue weighted by atomic mass is 32.2. The van der Waals surface area contributed by atoms with E-state index in [1.54, 1.807) is 22.9 Å². The largest absolute Gasteiger partial charge is 0.325 e. The number of fused-ring (bicyclic) bond motifs is 1. The van der Waals surface area contributed by atoms with E-state index >= 15 is 0 Å². The number of amides is 1. The van der Waals surface area contributed by atoms with Gasteiger partial charge in [0.15, 0.2) is 10.8 Å². The predicted molar refractivity (Wildman–Crippen MR) is 123 cm³/mol. The van der Waals surface area contributed by atoms with Crippen LogP contribution in [0.1, 0.15) is 38.8 Å². The van der Waals surface area contributed by atoms with Gasteiger partial charge in [-0.05, 0) is 42.0 Å². The number of aromatic nitrogens is 3. The molecule has 0 spiro atoms. The van der Waals surface area contributed by atoms with Crippen LogP contribution in [0.4, 0.5) is 5.69 Å². The van der Waals surface area contributed by atoms with Crippen molar-refractivity contribution in [2.24, 2.45) is 5.92 Å². The number of aryl methyl sites for hydroxylation is 2. The van der Waals surface area contributed by atoms with E-state index < -0.39 is 0 Å². The number of para-hydroxylation sites is 1. The summed E-state index contributed by atoms with van der Waals surface area (Å²) in [6.45, 7) is 8.80. The molecule has 1 aromatic carbocycles. The summed E-state index contributed by atoms with van der Waals surface area (Å²) in [6, 6.07) is 9.59. The molecule has 0 aliphatic carbocycles. The third kappa shape index (κ3) is 4.90. The first-order valence-corrected chi connectivity index (χ1v) is 11.3. The van der Waals surface area contributed by atoms with Crippen LogP contribution < -0.4 is 10.9 Å². The summed E-state index contributed by atoms with van der Waals surface area (Å²) in [5, 5.41) is 4.09. The van der Waals surface area contributed by atoms with E-state index in [0.717, 1.165) is 29.7 Å². The standard InChI is InChI=1S/C23H28N4O2S/c1-5-16-9-7-10-17(6-2)20(16)25-19(28)14-30-23-26-21-18(11-8-12-24-21)22(29)27(23)13-15(3)4/h7-12,15H,5-6,13-14H2,1-4H3,(H,25,28). The van der Waals surface area contributed by atoms with Crippen molar-refractivity contribution in [3.63, 3.8) is 0 Å². The molecule has 6 nitrogen and oxygen atoms in total. The van der Waals surface area contributed by atoms with E-state index in [9.17, 15) is 9.59 Å². The van der Waals surface area contributed by atoms with Gasteiger partial charge in [0.2, 0.25) is 5.91 Å². The van der Waals surface area contributed by atoms with Gasteiger partial charge in [-0.2, -0.15) is 0 Å². The van der Waals surface area contributed by atoms with E-state index in [1.165, 1.54) is 11.8 Å². The van der Waals surface area contributed by atoms with Gasteiger partial charge in [-0.3, -0.25) is 14.2 Å². The zero-order valence-corrected chi connectivity index (χ0v) is 18.8. The molecule has 0 aliphatic heterocycles. The van der Waals surface area contributed by atoms with E-state index in [1.807, 2.05) is 18.2 Å². The van der Waals surface area contributed by atoms with E-state index in [2.05, 4.69) is 43.0 Å². The lowest BCUT2D eigenvalue weighted by Crippen LogP contribution is -2.26. The fraction of sp³-hybridized carbons (Fsp3) is 0.391. The van der Waals surface area contributed by atoms with Gasteiger partial charge in [0.1, 0.15) is 0 Å². The molecule has 0 unspecified atom stereocenters. The lowest BCUT2D eigenvalue weighted by atomic mass is 10.0. The first kappa shape index (κ1) is 22.0. The number of hydrogen-bond donors (Lipinski definition) is 1. The van der Waals surface area contributed by atoms with Crippen LogP contribution in [-0.2, 0) is 24.2 Å². The SMILES string of the molecule is CCc1cccc(CC)c1NC(=O)CSc1nc2ncccc2c(=O)n1CC(C)C. The second kappa shape index (κ2) is 9.89. The zero-order valence-electron chi connectivity index (χ0n) is 17.9. The molecule has 158 valence electrons. The van der Waals surface area contributed by atoms with Crippen molar-refractivity contribution >= 4 is 34.4 Å². The summed E-state index contributed by atoms with van der Waals surface area (Å²) in [7, 11) is 0. The molecule has 0 saturated carbocycles. The Labute approximate surface area is 181 Å². The summed E-state index contributed by atoms with van der Waals surface area (Å²) in [6.07, 6.45) is 3.32. The van der Waals surface area contributed by atoms with Crippen LogP contribution >= 0.6 is 11.8 Å². The monoisotopic (exact) mass is 424 g/mol. The average molecular weight is 425 g/mol. The maximum Gasteiger partial charge on any atom is 0.263 e. The maximum atomic E-state index is 13.0. The second-order valence-electron chi connectivity index (χ2n) is 7.57. The van der Waals surface area contributed by atoms with Crippen LogP contribution in [-0.4, -0.2) is 26.2 Å². The van der Waals surface area contributed by atoms with Crippen LogP contribution in [0, 0.1) is 5.92 Å². The highest BCUT2D eigenvalue weighted by Crippen LogP contribution is 2.24. The highest BCUT2D eigenvalue weighted by Gasteiger charge is 2.16. The van der Waals surface area contributed by atoms with Crippen LogP contribution in [0.5, 0.6) is 0 Å². The smallest absolute Gasteiger partial charge is 0.263 e. The van der Waals surface area contributed by atoms with Crippen molar-refractivity contribution < 1.29 is 4.79 Å². The summed E-state index contributed by atoms with van der Waals surface area (Å²) in [5.41, 5.74) is 3.44. The molecule has 3 rings (SSSR count). The Morgan fingerprint density at radius 3 is 2.47 bits per heavy atom. The Hall–Kier alpha value is -2.67. The molecular weight excluding hydrogens is 396 g/mol. The molecule has 30 heavy (non-hydrogen) atoms. The number of benzene rings is 1. The van der Waals surface area contributed by atoms with Gasteiger partial charge in [0.25, 0.3) is 5.56 Å². The quantitative estimate of drug-likeness (QED) is 0.431. The molecule has 0 saturated heterocycles. The Morgan fingerprint density at radius 2 is 1.83 bits per heavy atom. The fourth-order valence-corrected chi connectivity index (χ4v) is 4.18. The number of pyridine rings is 1. The predicted octanol–water partition coefficient (Wildman–Crippen LogP) is 4.30. The summed E-state index contributed by atoms with van der Waals surface area (Å²) < 4.78 is 1.66. The maximum absolute atomic E-state index is 13.0. The van der Waals surface area contributed by atoms with Crippen molar-refractivity contribution in [2.45, 2.75) is 52.2 Å². The molecule has 0 aliphatic rings. The fourth-order valence-electron chi connectivity index (χ4n) is 3.38. The number of nitrogens with zero attached hydrogens (tertiary/aromatic N) is 3. The van der Waals surface area contributed by atoms with Crippen LogP contribution in [0.25, 0.3) is 11.0 Å². The topological polar surface area (TPSA) is 76.9 Å². The molecular formula is C23H28N4O2S. The lowest BCUT2D eigenvalue weighted by Gasteiger charge is -2.16. The van der Waals surface area contributed by atoms with Gasteiger partial charge in [0, 0.05) is 18.4 Å². The highest BCUT2D eigenvalue weighted by molar-refractivity contribution is 7.99. The van der Waals surface area contributed by atoms with Gasteiger partial charge in [-0.15, -0.1) is 0 Å². The Morgan fingerprint density at radius 1 is 1.13 bits per heavy atom. The molecule has 2 aromatic heterocycles. The van der Waals surface area contributed by atoms with Crippen LogP contribution in [0.2, 0.25) is 0 Å². The molecule has 0 bridgehead atoms. The van der Waals surface area contributed by atoms with Crippen molar-refractivity contribution in [3.8, 4) is 0 Å².